The molecule has 1 aromatic heterocycles. The molecule has 5 nitrogen and oxygen atoms in total. The summed E-state index contributed by atoms with van der Waals surface area (Å²) in [5, 5.41) is 7.83. The zero-order valence-corrected chi connectivity index (χ0v) is 16.0. The van der Waals surface area contributed by atoms with Crippen LogP contribution in [-0.4, -0.2) is 44.8 Å². The molecule has 2 atom stereocenters. The molecule has 1 fully saturated rings. The molecule has 6 heteroatoms. The highest BCUT2D eigenvalue weighted by molar-refractivity contribution is 7.99. The molecule has 0 aliphatic carbocycles. The van der Waals surface area contributed by atoms with Crippen molar-refractivity contribution < 1.29 is 4.79 Å². The highest BCUT2D eigenvalue weighted by Crippen LogP contribution is 2.23. The summed E-state index contributed by atoms with van der Waals surface area (Å²) in [5.74, 6) is 2.49. The number of benzene rings is 1. The summed E-state index contributed by atoms with van der Waals surface area (Å²) in [7, 11) is 0. The van der Waals surface area contributed by atoms with Gasteiger partial charge in [0, 0.05) is 18.7 Å². The first-order valence-corrected chi connectivity index (χ1v) is 9.96. The maximum absolute atomic E-state index is 12.4. The van der Waals surface area contributed by atoms with E-state index in [0.29, 0.717) is 22.7 Å². The molecular weight excluding hydrogens is 332 g/mol. The average molecular weight is 359 g/mol. The van der Waals surface area contributed by atoms with Gasteiger partial charge in [0.2, 0.25) is 11.1 Å². The van der Waals surface area contributed by atoms with E-state index in [0.717, 1.165) is 30.9 Å². The van der Waals surface area contributed by atoms with Crippen LogP contribution >= 0.6 is 11.8 Å². The van der Waals surface area contributed by atoms with Gasteiger partial charge in [-0.05, 0) is 30.2 Å². The highest BCUT2D eigenvalue weighted by atomic mass is 32.2. The van der Waals surface area contributed by atoms with Crippen LogP contribution in [0.15, 0.2) is 29.4 Å². The number of carbonyl (C=O) groups is 1. The van der Waals surface area contributed by atoms with E-state index in [2.05, 4.69) is 60.2 Å². The molecule has 2 heterocycles. The van der Waals surface area contributed by atoms with Crippen LogP contribution in [0.25, 0.3) is 11.4 Å². The van der Waals surface area contributed by atoms with E-state index < -0.39 is 0 Å². The number of carbonyl (C=O) groups excluding carboxylic acids is 1. The van der Waals surface area contributed by atoms with Gasteiger partial charge in [0.25, 0.3) is 0 Å². The van der Waals surface area contributed by atoms with Gasteiger partial charge in [-0.15, -0.1) is 5.10 Å². The molecule has 1 amide bonds. The second-order valence-electron chi connectivity index (χ2n) is 7.05. The standard InChI is InChI=1S/C19H26N4OS/c1-4-15-5-7-16(8-6-15)18-20-19(22-21-18)25-12-17(24)23-10-13(2)9-14(3)11-23/h5-8,13-14H,4,9-12H2,1-3H3,(H,20,21,22)/t13-,14-/m0/s1. The lowest BCUT2D eigenvalue weighted by molar-refractivity contribution is -0.130. The normalized spacial score (nSPS) is 20.7. The van der Waals surface area contributed by atoms with E-state index in [9.17, 15) is 4.79 Å². The number of nitrogens with zero attached hydrogens (tertiary/aromatic N) is 3. The van der Waals surface area contributed by atoms with E-state index in [-0.39, 0.29) is 5.91 Å². The number of thioether (sulfide) groups is 1. The first-order valence-electron chi connectivity index (χ1n) is 8.97. The summed E-state index contributed by atoms with van der Waals surface area (Å²) >= 11 is 1.40. The minimum absolute atomic E-state index is 0.182. The van der Waals surface area contributed by atoms with Crippen molar-refractivity contribution in [3.05, 3.63) is 29.8 Å². The second-order valence-corrected chi connectivity index (χ2v) is 7.99. The summed E-state index contributed by atoms with van der Waals surface area (Å²) < 4.78 is 0. The molecule has 1 aromatic carbocycles. The number of rotatable bonds is 5. The van der Waals surface area contributed by atoms with Crippen molar-refractivity contribution in [1.29, 1.82) is 0 Å². The van der Waals surface area contributed by atoms with Crippen LogP contribution in [-0.2, 0) is 11.2 Å². The van der Waals surface area contributed by atoms with Gasteiger partial charge < -0.3 is 4.90 Å². The largest absolute Gasteiger partial charge is 0.341 e. The van der Waals surface area contributed by atoms with Crippen molar-refractivity contribution in [1.82, 2.24) is 20.1 Å². The van der Waals surface area contributed by atoms with Crippen molar-refractivity contribution in [2.75, 3.05) is 18.8 Å². The predicted molar refractivity (Wildman–Crippen MR) is 101 cm³/mol. The lowest BCUT2D eigenvalue weighted by Crippen LogP contribution is -2.43. The molecule has 1 aliphatic heterocycles. The Morgan fingerprint density at radius 1 is 1.24 bits per heavy atom. The number of amides is 1. The lowest BCUT2D eigenvalue weighted by Gasteiger charge is -2.34. The van der Waals surface area contributed by atoms with Crippen molar-refractivity contribution in [3.8, 4) is 11.4 Å². The molecular formula is C19H26N4OS. The molecule has 2 aromatic rings. The van der Waals surface area contributed by atoms with E-state index in [1.54, 1.807) is 0 Å². The Labute approximate surface area is 153 Å². The topological polar surface area (TPSA) is 61.9 Å². The number of piperidine rings is 1. The van der Waals surface area contributed by atoms with Gasteiger partial charge in [0.15, 0.2) is 5.82 Å². The van der Waals surface area contributed by atoms with Crippen molar-refractivity contribution in [2.24, 2.45) is 11.8 Å². The summed E-state index contributed by atoms with van der Waals surface area (Å²) in [4.78, 5) is 18.9. The van der Waals surface area contributed by atoms with Crippen molar-refractivity contribution in [3.63, 3.8) is 0 Å². The van der Waals surface area contributed by atoms with E-state index in [1.807, 2.05) is 4.90 Å². The first-order chi connectivity index (χ1) is 12.0. The molecule has 134 valence electrons. The van der Waals surface area contributed by atoms with Gasteiger partial charge in [-0.25, -0.2) is 4.98 Å². The van der Waals surface area contributed by atoms with E-state index in [1.165, 1.54) is 23.7 Å². The number of aryl methyl sites for hydroxylation is 1. The number of nitrogens with one attached hydrogen (secondary N) is 1. The molecule has 0 spiro atoms. The fraction of sp³-hybridized carbons (Fsp3) is 0.526. The summed E-state index contributed by atoms with van der Waals surface area (Å²) in [6.07, 6.45) is 2.23. The molecule has 1 saturated heterocycles. The Morgan fingerprint density at radius 3 is 2.56 bits per heavy atom. The van der Waals surface area contributed by atoms with E-state index >= 15 is 0 Å². The Kier molecular flexibility index (Phi) is 5.78. The molecule has 1 N–H and O–H groups in total. The third-order valence-corrected chi connectivity index (χ3v) is 5.48. The Morgan fingerprint density at radius 2 is 1.92 bits per heavy atom. The summed E-state index contributed by atoms with van der Waals surface area (Å²) in [5.41, 5.74) is 2.31. The fourth-order valence-electron chi connectivity index (χ4n) is 3.42. The predicted octanol–water partition coefficient (Wildman–Crippen LogP) is 3.63. The monoisotopic (exact) mass is 358 g/mol. The van der Waals surface area contributed by atoms with Gasteiger partial charge in [-0.2, -0.15) is 0 Å². The fourth-order valence-corrected chi connectivity index (χ4v) is 4.12. The summed E-state index contributed by atoms with van der Waals surface area (Å²) in [6.45, 7) is 8.31. The number of hydrogen-bond donors (Lipinski definition) is 1. The minimum Gasteiger partial charge on any atom is -0.341 e. The van der Waals surface area contributed by atoms with Crippen LogP contribution in [0.5, 0.6) is 0 Å². The Bertz CT molecular complexity index is 702. The van der Waals surface area contributed by atoms with Crippen LogP contribution in [0.3, 0.4) is 0 Å². The minimum atomic E-state index is 0.182. The van der Waals surface area contributed by atoms with Gasteiger partial charge in [-0.3, -0.25) is 9.89 Å². The molecule has 0 radical (unpaired) electrons. The Hall–Kier alpha value is -1.82. The molecule has 3 rings (SSSR count). The number of likely N-dealkylation sites (tertiary alicyclic amines) is 1. The molecule has 0 bridgehead atoms. The number of hydrogen-bond acceptors (Lipinski definition) is 4. The van der Waals surface area contributed by atoms with Crippen LogP contribution in [0.2, 0.25) is 0 Å². The van der Waals surface area contributed by atoms with Gasteiger partial charge in [-0.1, -0.05) is 56.8 Å². The van der Waals surface area contributed by atoms with Crippen molar-refractivity contribution in [2.45, 2.75) is 38.8 Å². The SMILES string of the molecule is CCc1ccc(-c2nc(SCC(=O)N3C[C@@H](C)C[C@H](C)C3)n[nH]2)cc1. The molecule has 0 unspecified atom stereocenters. The smallest absolute Gasteiger partial charge is 0.233 e. The van der Waals surface area contributed by atoms with E-state index in [4.69, 9.17) is 0 Å². The highest BCUT2D eigenvalue weighted by Gasteiger charge is 2.25. The third kappa shape index (κ3) is 4.63. The third-order valence-electron chi connectivity index (χ3n) is 4.65. The quantitative estimate of drug-likeness (QED) is 0.829. The maximum Gasteiger partial charge on any atom is 0.233 e. The van der Waals surface area contributed by atoms with Crippen LogP contribution < -0.4 is 0 Å². The molecule has 25 heavy (non-hydrogen) atoms. The van der Waals surface area contributed by atoms with Crippen LogP contribution in [0, 0.1) is 11.8 Å². The number of H-pyrrole nitrogens is 1. The molecule has 1 aliphatic rings. The molecule has 0 saturated carbocycles. The average Bonchev–Trinajstić information content (AvgIpc) is 3.08. The zero-order valence-electron chi connectivity index (χ0n) is 15.2. The summed E-state index contributed by atoms with van der Waals surface area (Å²) in [6, 6.07) is 8.31. The lowest BCUT2D eigenvalue weighted by atomic mass is 9.92. The maximum atomic E-state index is 12.4. The first kappa shape index (κ1) is 18.0. The van der Waals surface area contributed by atoms with Gasteiger partial charge in [0.05, 0.1) is 5.75 Å². The van der Waals surface area contributed by atoms with Gasteiger partial charge in [0.1, 0.15) is 0 Å². The number of aromatic amines is 1. The van der Waals surface area contributed by atoms with Crippen LogP contribution in [0.4, 0.5) is 0 Å². The van der Waals surface area contributed by atoms with Crippen molar-refractivity contribution >= 4 is 17.7 Å². The van der Waals surface area contributed by atoms with Gasteiger partial charge >= 0.3 is 0 Å². The second kappa shape index (κ2) is 8.04. The number of aromatic nitrogens is 3. The Balaban J connectivity index is 1.57. The van der Waals surface area contributed by atoms with Crippen LogP contribution in [0.1, 0.15) is 32.8 Å². The zero-order chi connectivity index (χ0) is 17.8.